The van der Waals surface area contributed by atoms with Gasteiger partial charge in [0.15, 0.2) is 11.6 Å². The zero-order valence-corrected chi connectivity index (χ0v) is 10.4. The van der Waals surface area contributed by atoms with Crippen molar-refractivity contribution in [2.45, 2.75) is 13.3 Å². The third-order valence-electron chi connectivity index (χ3n) is 2.13. The highest BCUT2D eigenvalue weighted by Crippen LogP contribution is 2.16. The van der Waals surface area contributed by atoms with Crippen LogP contribution in [-0.4, -0.2) is 33.0 Å². The molecule has 0 radical (unpaired) electrons. The molecular weight excluding hydrogens is 258 g/mol. The standard InChI is InChI=1S/C10H11N3O4S/c1-6-3-13-7(5-18-10(13)11-6)2-8(14)12-17-4-9(15)16/h3,5H,2,4H2,1H3,(H,12,14)(H,15,16). The van der Waals surface area contributed by atoms with Crippen molar-refractivity contribution in [1.29, 1.82) is 0 Å². The number of hydrogen-bond donors (Lipinski definition) is 2. The van der Waals surface area contributed by atoms with Crippen molar-refractivity contribution in [2.75, 3.05) is 6.61 Å². The predicted octanol–water partition coefficient (Wildman–Crippen LogP) is 0.379. The molecule has 0 aliphatic carbocycles. The molecule has 0 spiro atoms. The van der Waals surface area contributed by atoms with Crippen LogP contribution in [0.3, 0.4) is 0 Å². The topological polar surface area (TPSA) is 92.9 Å². The van der Waals surface area contributed by atoms with Crippen LogP contribution in [0.5, 0.6) is 0 Å². The summed E-state index contributed by atoms with van der Waals surface area (Å²) >= 11 is 1.44. The summed E-state index contributed by atoms with van der Waals surface area (Å²) in [5.41, 5.74) is 3.74. The minimum atomic E-state index is -1.14. The summed E-state index contributed by atoms with van der Waals surface area (Å²) < 4.78 is 1.83. The second-order valence-corrected chi connectivity index (χ2v) is 4.48. The Bertz CT molecular complexity index is 589. The van der Waals surface area contributed by atoms with Crippen LogP contribution >= 0.6 is 11.3 Å². The average molecular weight is 269 g/mol. The Morgan fingerprint density at radius 2 is 2.39 bits per heavy atom. The molecule has 0 saturated heterocycles. The zero-order valence-electron chi connectivity index (χ0n) is 9.54. The van der Waals surface area contributed by atoms with Crippen molar-refractivity contribution in [3.05, 3.63) is 23.0 Å². The third kappa shape index (κ3) is 2.84. The maximum atomic E-state index is 11.5. The molecule has 2 aromatic rings. The highest BCUT2D eigenvalue weighted by Gasteiger charge is 2.10. The first-order valence-corrected chi connectivity index (χ1v) is 5.98. The number of aliphatic carboxylic acids is 1. The lowest BCUT2D eigenvalue weighted by Gasteiger charge is -2.02. The average Bonchev–Trinajstić information content (AvgIpc) is 2.79. The summed E-state index contributed by atoms with van der Waals surface area (Å²) in [6.45, 7) is 1.31. The first kappa shape index (κ1) is 12.5. The highest BCUT2D eigenvalue weighted by molar-refractivity contribution is 7.15. The molecule has 96 valence electrons. The number of imidazole rings is 1. The normalized spacial score (nSPS) is 10.7. The Balaban J connectivity index is 1.96. The second kappa shape index (κ2) is 5.15. The number of thiazole rings is 1. The smallest absolute Gasteiger partial charge is 0.332 e. The molecule has 0 fully saturated rings. The van der Waals surface area contributed by atoms with Gasteiger partial charge in [0.25, 0.3) is 0 Å². The Kier molecular flexibility index (Phi) is 3.58. The number of carbonyl (C=O) groups excluding carboxylic acids is 1. The largest absolute Gasteiger partial charge is 0.479 e. The molecule has 2 rings (SSSR count). The molecule has 0 aliphatic heterocycles. The zero-order chi connectivity index (χ0) is 13.1. The number of carbonyl (C=O) groups is 2. The van der Waals surface area contributed by atoms with Crippen molar-refractivity contribution in [1.82, 2.24) is 14.9 Å². The van der Waals surface area contributed by atoms with E-state index in [0.29, 0.717) is 0 Å². The van der Waals surface area contributed by atoms with Crippen LogP contribution in [0.15, 0.2) is 11.6 Å². The van der Waals surface area contributed by atoms with Crippen LogP contribution in [0.1, 0.15) is 11.4 Å². The van der Waals surface area contributed by atoms with Gasteiger partial charge in [0, 0.05) is 17.3 Å². The van der Waals surface area contributed by atoms with Gasteiger partial charge in [0.1, 0.15) is 0 Å². The molecular formula is C10H11N3O4S. The van der Waals surface area contributed by atoms with Crippen LogP contribution in [0, 0.1) is 6.92 Å². The number of nitrogens with zero attached hydrogens (tertiary/aromatic N) is 2. The van der Waals surface area contributed by atoms with Crippen molar-refractivity contribution >= 4 is 28.2 Å². The summed E-state index contributed by atoms with van der Waals surface area (Å²) in [6, 6.07) is 0. The fourth-order valence-corrected chi connectivity index (χ4v) is 2.37. The Morgan fingerprint density at radius 3 is 3.11 bits per heavy atom. The molecule has 0 aromatic carbocycles. The highest BCUT2D eigenvalue weighted by atomic mass is 32.1. The molecule has 0 saturated carbocycles. The number of amides is 1. The maximum absolute atomic E-state index is 11.5. The molecule has 2 N–H and O–H groups in total. The number of aryl methyl sites for hydroxylation is 1. The Labute approximate surface area is 106 Å². The molecule has 18 heavy (non-hydrogen) atoms. The van der Waals surface area contributed by atoms with E-state index in [-0.39, 0.29) is 6.42 Å². The first-order valence-electron chi connectivity index (χ1n) is 5.11. The van der Waals surface area contributed by atoms with Crippen molar-refractivity contribution in [2.24, 2.45) is 0 Å². The molecule has 2 heterocycles. The monoisotopic (exact) mass is 269 g/mol. The van der Waals surface area contributed by atoms with Crippen molar-refractivity contribution in [3.8, 4) is 0 Å². The van der Waals surface area contributed by atoms with E-state index < -0.39 is 18.5 Å². The number of aromatic nitrogens is 2. The number of hydrogen-bond acceptors (Lipinski definition) is 5. The molecule has 1 amide bonds. The third-order valence-corrected chi connectivity index (χ3v) is 3.02. The van der Waals surface area contributed by atoms with Gasteiger partial charge in [-0.3, -0.25) is 14.0 Å². The van der Waals surface area contributed by atoms with E-state index in [2.05, 4.69) is 15.3 Å². The fraction of sp³-hybridized carbons (Fsp3) is 0.300. The lowest BCUT2D eigenvalue weighted by atomic mass is 10.3. The number of carboxylic acids is 1. The molecule has 7 nitrogen and oxygen atoms in total. The van der Waals surface area contributed by atoms with E-state index in [1.54, 1.807) is 0 Å². The molecule has 8 heteroatoms. The Hall–Kier alpha value is -1.93. The predicted molar refractivity (Wildman–Crippen MR) is 63.2 cm³/mol. The van der Waals surface area contributed by atoms with Crippen LogP contribution in [-0.2, 0) is 20.8 Å². The summed E-state index contributed by atoms with van der Waals surface area (Å²) in [5, 5.41) is 10.2. The minimum absolute atomic E-state index is 0.107. The van der Waals surface area contributed by atoms with Gasteiger partial charge in [-0.2, -0.15) is 0 Å². The number of nitrogens with one attached hydrogen (secondary N) is 1. The fourth-order valence-electron chi connectivity index (χ4n) is 1.45. The van der Waals surface area contributed by atoms with Gasteiger partial charge in [0.05, 0.1) is 12.1 Å². The van der Waals surface area contributed by atoms with Crippen molar-refractivity contribution in [3.63, 3.8) is 0 Å². The molecule has 0 bridgehead atoms. The molecule has 0 atom stereocenters. The number of fused-ring (bicyclic) bond motifs is 1. The second-order valence-electron chi connectivity index (χ2n) is 3.65. The number of rotatable bonds is 5. The summed E-state index contributed by atoms with van der Waals surface area (Å²) in [4.78, 5) is 31.3. The van der Waals surface area contributed by atoms with Gasteiger partial charge >= 0.3 is 5.97 Å². The van der Waals surface area contributed by atoms with Crippen LogP contribution in [0.4, 0.5) is 0 Å². The van der Waals surface area contributed by atoms with E-state index in [1.165, 1.54) is 11.3 Å². The van der Waals surface area contributed by atoms with E-state index in [1.807, 2.05) is 22.9 Å². The quantitative estimate of drug-likeness (QED) is 0.765. The SMILES string of the molecule is Cc1cn2c(CC(=O)NOCC(=O)O)csc2n1. The summed E-state index contributed by atoms with van der Waals surface area (Å²) in [5.74, 6) is -1.54. The maximum Gasteiger partial charge on any atom is 0.332 e. The van der Waals surface area contributed by atoms with E-state index in [9.17, 15) is 9.59 Å². The summed E-state index contributed by atoms with van der Waals surface area (Å²) in [7, 11) is 0. The van der Waals surface area contributed by atoms with Gasteiger partial charge in [-0.1, -0.05) is 0 Å². The molecule has 0 unspecified atom stereocenters. The number of hydroxylamine groups is 1. The van der Waals surface area contributed by atoms with E-state index >= 15 is 0 Å². The van der Waals surface area contributed by atoms with Gasteiger partial charge in [-0.15, -0.1) is 11.3 Å². The lowest BCUT2D eigenvalue weighted by molar-refractivity contribution is -0.149. The van der Waals surface area contributed by atoms with Crippen LogP contribution in [0.2, 0.25) is 0 Å². The lowest BCUT2D eigenvalue weighted by Crippen LogP contribution is -2.28. The number of carboxylic acid groups (broad SMARTS) is 1. The van der Waals surface area contributed by atoms with E-state index in [0.717, 1.165) is 16.3 Å². The van der Waals surface area contributed by atoms with E-state index in [4.69, 9.17) is 5.11 Å². The van der Waals surface area contributed by atoms with Crippen LogP contribution in [0.25, 0.3) is 4.96 Å². The van der Waals surface area contributed by atoms with Gasteiger partial charge in [-0.05, 0) is 6.92 Å². The van der Waals surface area contributed by atoms with Gasteiger partial charge < -0.3 is 5.11 Å². The minimum Gasteiger partial charge on any atom is -0.479 e. The Morgan fingerprint density at radius 1 is 1.61 bits per heavy atom. The van der Waals surface area contributed by atoms with Crippen LogP contribution < -0.4 is 5.48 Å². The first-order chi connectivity index (χ1) is 8.56. The molecule has 2 aromatic heterocycles. The summed E-state index contributed by atoms with van der Waals surface area (Å²) in [6.07, 6.45) is 1.95. The van der Waals surface area contributed by atoms with Gasteiger partial charge in [-0.25, -0.2) is 15.3 Å². The van der Waals surface area contributed by atoms with Gasteiger partial charge in [0.2, 0.25) is 5.91 Å². The van der Waals surface area contributed by atoms with Crippen molar-refractivity contribution < 1.29 is 19.5 Å². The molecule has 0 aliphatic rings.